The van der Waals surface area contributed by atoms with Crippen LogP contribution in [0, 0.1) is 5.82 Å². The molecule has 0 spiro atoms. The molecule has 0 bridgehead atoms. The number of rotatable bonds is 10. The Morgan fingerprint density at radius 3 is 2.79 bits per heavy atom. The fraction of sp³-hybridized carbons (Fsp3) is 0.385. The number of nitrogens with zero attached hydrogens (tertiary/aromatic N) is 3. The van der Waals surface area contributed by atoms with Gasteiger partial charge in [0, 0.05) is 17.5 Å². The molecule has 0 aliphatic heterocycles. The van der Waals surface area contributed by atoms with E-state index in [1.54, 1.807) is 10.6 Å². The van der Waals surface area contributed by atoms with Gasteiger partial charge in [0.25, 0.3) is 0 Å². The smallest absolute Gasteiger partial charge is 0.341 e. The standard InChI is InChI=1S/C26H28ClFN4O4S2/c1-3-12-32-21(14-36-16-10-11-19(28)18(27)13-16)30-31-26(32)37-15-22(33)29-24-23(25(34)35-2)17-8-6-4-5-7-9-20(17)38-24/h3,10-11,13H,1,4-9,12,14-15H2,2H3,(H,29,33). The minimum atomic E-state index is -0.529. The summed E-state index contributed by atoms with van der Waals surface area (Å²) in [6.07, 6.45) is 7.76. The van der Waals surface area contributed by atoms with Crippen LogP contribution in [0.1, 0.15) is 52.3 Å². The Kier molecular flexibility index (Phi) is 9.81. The lowest BCUT2D eigenvalue weighted by molar-refractivity contribution is -0.113. The summed E-state index contributed by atoms with van der Waals surface area (Å²) >= 11 is 8.50. The monoisotopic (exact) mass is 578 g/mol. The van der Waals surface area contributed by atoms with Gasteiger partial charge in [0.15, 0.2) is 11.0 Å². The molecular formula is C26H28ClFN4O4S2. The number of thioether (sulfide) groups is 1. The number of esters is 1. The van der Waals surface area contributed by atoms with Crippen LogP contribution in [0.25, 0.3) is 0 Å². The number of methoxy groups -OCH3 is 1. The zero-order chi connectivity index (χ0) is 27.1. The van der Waals surface area contributed by atoms with Crippen LogP contribution >= 0.6 is 34.7 Å². The van der Waals surface area contributed by atoms with Crippen LogP contribution < -0.4 is 10.1 Å². The topological polar surface area (TPSA) is 95.3 Å². The van der Waals surface area contributed by atoms with Crippen LogP contribution in [-0.4, -0.2) is 39.5 Å². The third-order valence-corrected chi connectivity index (χ3v) is 8.47. The van der Waals surface area contributed by atoms with Crippen molar-refractivity contribution in [3.8, 4) is 5.75 Å². The number of nitrogens with one attached hydrogen (secondary N) is 1. The lowest BCUT2D eigenvalue weighted by atomic mass is 9.96. The van der Waals surface area contributed by atoms with Crippen molar-refractivity contribution in [3.05, 3.63) is 63.5 Å². The van der Waals surface area contributed by atoms with Crippen molar-refractivity contribution in [3.63, 3.8) is 0 Å². The summed E-state index contributed by atoms with van der Waals surface area (Å²) < 4.78 is 25.9. The first-order valence-electron chi connectivity index (χ1n) is 12.2. The highest BCUT2D eigenvalue weighted by molar-refractivity contribution is 7.99. The summed E-state index contributed by atoms with van der Waals surface area (Å²) in [5, 5.41) is 12.3. The number of thiophene rings is 1. The molecule has 0 saturated heterocycles. The Bertz CT molecular complexity index is 1330. The Labute approximate surface area is 233 Å². The summed E-state index contributed by atoms with van der Waals surface area (Å²) in [5.74, 6) is -0.250. The zero-order valence-electron chi connectivity index (χ0n) is 20.9. The van der Waals surface area contributed by atoms with Gasteiger partial charge in [0.05, 0.1) is 23.4 Å². The molecule has 2 aromatic heterocycles. The molecule has 0 atom stereocenters. The van der Waals surface area contributed by atoms with E-state index in [2.05, 4.69) is 22.1 Å². The number of aromatic nitrogens is 3. The van der Waals surface area contributed by atoms with Crippen LogP contribution in [0.4, 0.5) is 9.39 Å². The van der Waals surface area contributed by atoms with Crippen LogP contribution in [0.2, 0.25) is 5.02 Å². The minimum Gasteiger partial charge on any atom is -0.486 e. The Morgan fingerprint density at radius 2 is 2.05 bits per heavy atom. The average Bonchev–Trinajstić information content (AvgIpc) is 3.43. The summed E-state index contributed by atoms with van der Waals surface area (Å²) in [6.45, 7) is 4.26. The normalized spacial score (nSPS) is 13.2. The van der Waals surface area contributed by atoms with Gasteiger partial charge < -0.3 is 14.8 Å². The highest BCUT2D eigenvalue weighted by Gasteiger charge is 2.26. The maximum Gasteiger partial charge on any atom is 0.341 e. The van der Waals surface area contributed by atoms with E-state index < -0.39 is 11.8 Å². The first-order chi connectivity index (χ1) is 18.4. The van der Waals surface area contributed by atoms with Gasteiger partial charge in [-0.25, -0.2) is 9.18 Å². The largest absolute Gasteiger partial charge is 0.486 e. The van der Waals surface area contributed by atoms with Crippen LogP contribution in [-0.2, 0) is 35.5 Å². The number of hydrogen-bond donors (Lipinski definition) is 1. The highest BCUT2D eigenvalue weighted by atomic mass is 35.5. The highest BCUT2D eigenvalue weighted by Crippen LogP contribution is 2.37. The van der Waals surface area contributed by atoms with Gasteiger partial charge in [-0.3, -0.25) is 9.36 Å². The maximum atomic E-state index is 13.4. The Balaban J connectivity index is 1.43. The molecule has 0 fully saturated rings. The summed E-state index contributed by atoms with van der Waals surface area (Å²) in [6, 6.07) is 4.09. The van der Waals surface area contributed by atoms with Crippen LogP contribution in [0.15, 0.2) is 36.0 Å². The van der Waals surface area contributed by atoms with Crippen molar-refractivity contribution in [2.24, 2.45) is 0 Å². The number of halogens is 2. The van der Waals surface area contributed by atoms with Crippen molar-refractivity contribution in [1.29, 1.82) is 0 Å². The van der Waals surface area contributed by atoms with Gasteiger partial charge in [-0.15, -0.1) is 28.1 Å². The van der Waals surface area contributed by atoms with Gasteiger partial charge >= 0.3 is 5.97 Å². The van der Waals surface area contributed by atoms with E-state index in [-0.39, 0.29) is 23.3 Å². The second kappa shape index (κ2) is 13.3. The van der Waals surface area contributed by atoms with E-state index in [0.29, 0.717) is 33.8 Å². The molecule has 0 saturated carbocycles. The van der Waals surface area contributed by atoms with Crippen LogP contribution in [0.5, 0.6) is 5.75 Å². The number of amides is 1. The van der Waals surface area contributed by atoms with Gasteiger partial charge in [-0.05, 0) is 43.4 Å². The van der Waals surface area contributed by atoms with Crippen LogP contribution in [0.3, 0.4) is 0 Å². The number of carbonyl (C=O) groups is 2. The van der Waals surface area contributed by atoms with Crippen molar-refractivity contribution in [2.45, 2.75) is 56.8 Å². The van der Waals surface area contributed by atoms with E-state index in [1.165, 1.54) is 54.8 Å². The van der Waals surface area contributed by atoms with Gasteiger partial charge in [0.2, 0.25) is 5.91 Å². The van der Waals surface area contributed by atoms with E-state index >= 15 is 0 Å². The van der Waals surface area contributed by atoms with Gasteiger partial charge in [-0.1, -0.05) is 42.3 Å². The van der Waals surface area contributed by atoms with E-state index in [0.717, 1.165) is 42.5 Å². The molecule has 12 heteroatoms. The zero-order valence-corrected chi connectivity index (χ0v) is 23.3. The Morgan fingerprint density at radius 1 is 1.26 bits per heavy atom. The molecule has 1 aliphatic rings. The number of hydrogen-bond acceptors (Lipinski definition) is 8. The maximum absolute atomic E-state index is 13.4. The quantitative estimate of drug-likeness (QED) is 0.177. The number of aryl methyl sites for hydroxylation is 1. The third-order valence-electron chi connectivity index (χ3n) is 6.01. The number of anilines is 1. The number of carbonyl (C=O) groups excluding carboxylic acids is 2. The molecule has 38 heavy (non-hydrogen) atoms. The molecule has 3 aromatic rings. The second-order valence-electron chi connectivity index (χ2n) is 8.61. The average molecular weight is 579 g/mol. The lowest BCUT2D eigenvalue weighted by Crippen LogP contribution is -2.17. The Hall–Kier alpha value is -2.89. The molecule has 1 aromatic carbocycles. The van der Waals surface area contributed by atoms with Gasteiger partial charge in [0.1, 0.15) is 23.2 Å². The predicted molar refractivity (Wildman–Crippen MR) is 147 cm³/mol. The number of allylic oxidation sites excluding steroid dienone is 1. The molecule has 1 aliphatic carbocycles. The molecule has 0 unspecified atom stereocenters. The van der Waals surface area contributed by atoms with Crippen molar-refractivity contribution in [2.75, 3.05) is 18.2 Å². The number of ether oxygens (including phenoxy) is 2. The molecule has 0 radical (unpaired) electrons. The first kappa shape index (κ1) is 28.1. The SMILES string of the molecule is C=CCn1c(COc2ccc(F)c(Cl)c2)nnc1SCC(=O)Nc1sc2c(c1C(=O)OC)CCCCCC2. The van der Waals surface area contributed by atoms with Crippen molar-refractivity contribution in [1.82, 2.24) is 14.8 Å². The third kappa shape index (κ3) is 6.75. The molecule has 202 valence electrons. The molecule has 1 amide bonds. The molecule has 1 N–H and O–H groups in total. The number of benzene rings is 1. The first-order valence-corrected chi connectivity index (χ1v) is 14.4. The second-order valence-corrected chi connectivity index (χ2v) is 11.1. The predicted octanol–water partition coefficient (Wildman–Crippen LogP) is 6.07. The van der Waals surface area contributed by atoms with E-state index in [4.69, 9.17) is 21.1 Å². The molecule has 4 rings (SSSR count). The van der Waals surface area contributed by atoms with E-state index in [1.807, 2.05) is 0 Å². The van der Waals surface area contributed by atoms with Gasteiger partial charge in [-0.2, -0.15) is 0 Å². The summed E-state index contributed by atoms with van der Waals surface area (Å²) in [7, 11) is 1.36. The van der Waals surface area contributed by atoms with Crippen molar-refractivity contribution >= 4 is 51.6 Å². The lowest BCUT2D eigenvalue weighted by Gasteiger charge is -2.11. The summed E-state index contributed by atoms with van der Waals surface area (Å²) in [4.78, 5) is 26.7. The fourth-order valence-corrected chi connectivity index (χ4v) is 6.41. The molecular weight excluding hydrogens is 551 g/mol. The minimum absolute atomic E-state index is 0.0367. The molecule has 8 nitrogen and oxygen atoms in total. The number of fused-ring (bicyclic) bond motifs is 1. The summed E-state index contributed by atoms with van der Waals surface area (Å²) in [5.41, 5.74) is 1.48. The van der Waals surface area contributed by atoms with Crippen molar-refractivity contribution < 1.29 is 23.5 Å². The van der Waals surface area contributed by atoms with E-state index in [9.17, 15) is 14.0 Å². The molecule has 2 heterocycles. The fourth-order valence-electron chi connectivity index (χ4n) is 4.18.